The Morgan fingerprint density at radius 1 is 1.02 bits per heavy atom. The van der Waals surface area contributed by atoms with E-state index in [2.05, 4.69) is 15.4 Å². The standard InChI is InChI=1S/C31H30Cl2F3N9O5/c1-16-14-21(26(47)38-20-3-2-17(15-19(20)33)31(34,35)36)44-23(16)24(28(49)45-30(44)39-29(40-45)43-10-12-50-13-11-43)41-6-8-42(9-7-41)27(48)22-25(46)18(32)4-5-37-22/h2-5,15-16,21,46H,6-14H2,1H3,(H,38,47)/t16-,21-/m0/s1. The average Bonchev–Trinajstić information content (AvgIpc) is 3.69. The molecular formula is C31H30Cl2F3N9O5. The van der Waals surface area contributed by atoms with Gasteiger partial charge in [-0.15, -0.1) is 5.10 Å². The molecule has 3 aromatic heterocycles. The summed E-state index contributed by atoms with van der Waals surface area (Å²) >= 11 is 12.2. The lowest BCUT2D eigenvalue weighted by molar-refractivity contribution is -0.137. The van der Waals surface area contributed by atoms with Crippen molar-refractivity contribution >= 4 is 58.1 Å². The van der Waals surface area contributed by atoms with Crippen LogP contribution in [-0.2, 0) is 15.7 Å². The molecular weight excluding hydrogens is 706 g/mol. The fourth-order valence-corrected chi connectivity index (χ4v) is 7.02. The second-order valence-corrected chi connectivity index (χ2v) is 13.0. The second kappa shape index (κ2) is 12.9. The topological polar surface area (TPSA) is 150 Å². The second-order valence-electron chi connectivity index (χ2n) is 12.2. The molecule has 0 spiro atoms. The Balaban J connectivity index is 1.25. The molecule has 1 aromatic carbocycles. The number of halogens is 5. The molecule has 0 radical (unpaired) electrons. The minimum absolute atomic E-state index is 0.000416. The van der Waals surface area contributed by atoms with E-state index in [9.17, 15) is 32.7 Å². The molecule has 2 fully saturated rings. The average molecular weight is 737 g/mol. The van der Waals surface area contributed by atoms with Crippen molar-refractivity contribution in [3.8, 4) is 5.75 Å². The molecule has 19 heteroatoms. The van der Waals surface area contributed by atoms with Crippen LogP contribution in [0.2, 0.25) is 10.0 Å². The monoisotopic (exact) mass is 735 g/mol. The van der Waals surface area contributed by atoms with Gasteiger partial charge in [-0.3, -0.25) is 19.0 Å². The highest BCUT2D eigenvalue weighted by Crippen LogP contribution is 2.42. The minimum atomic E-state index is -4.61. The smallest absolute Gasteiger partial charge is 0.416 e. The Kier molecular flexibility index (Phi) is 8.76. The van der Waals surface area contributed by atoms with Crippen molar-refractivity contribution in [2.75, 3.05) is 67.6 Å². The van der Waals surface area contributed by atoms with Gasteiger partial charge in [0.15, 0.2) is 11.4 Å². The molecule has 0 bridgehead atoms. The summed E-state index contributed by atoms with van der Waals surface area (Å²) in [6.07, 6.45) is -3.04. The number of morpholine rings is 1. The van der Waals surface area contributed by atoms with Crippen LogP contribution in [-0.4, -0.2) is 98.5 Å². The van der Waals surface area contributed by atoms with Crippen molar-refractivity contribution in [2.24, 2.45) is 0 Å². The predicted molar refractivity (Wildman–Crippen MR) is 176 cm³/mol. The van der Waals surface area contributed by atoms with E-state index in [0.717, 1.165) is 18.2 Å². The summed E-state index contributed by atoms with van der Waals surface area (Å²) in [4.78, 5) is 55.4. The molecule has 2 amide bonds. The molecule has 7 rings (SSSR count). The van der Waals surface area contributed by atoms with Gasteiger partial charge >= 0.3 is 6.18 Å². The van der Waals surface area contributed by atoms with E-state index in [1.165, 1.54) is 21.7 Å². The zero-order chi connectivity index (χ0) is 35.5. The Bertz CT molecular complexity index is 2060. The first kappa shape index (κ1) is 33.9. The number of rotatable bonds is 5. The number of hydrogen-bond acceptors (Lipinski definition) is 10. The van der Waals surface area contributed by atoms with Gasteiger partial charge in [0.2, 0.25) is 17.6 Å². The van der Waals surface area contributed by atoms with Crippen molar-refractivity contribution in [3.63, 3.8) is 0 Å². The van der Waals surface area contributed by atoms with Crippen LogP contribution in [0.15, 0.2) is 35.3 Å². The number of pyridine rings is 1. The third-order valence-electron chi connectivity index (χ3n) is 9.16. The third-order valence-corrected chi connectivity index (χ3v) is 9.78. The highest BCUT2D eigenvalue weighted by Gasteiger charge is 2.41. The quantitative estimate of drug-likeness (QED) is 0.310. The highest BCUT2D eigenvalue weighted by atomic mass is 35.5. The summed E-state index contributed by atoms with van der Waals surface area (Å²) < 4.78 is 48.0. The molecule has 3 aliphatic heterocycles. The lowest BCUT2D eigenvalue weighted by Crippen LogP contribution is -2.51. The molecule has 0 unspecified atom stereocenters. The van der Waals surface area contributed by atoms with Crippen molar-refractivity contribution in [2.45, 2.75) is 31.5 Å². The van der Waals surface area contributed by atoms with Gasteiger partial charge in [0, 0.05) is 51.4 Å². The number of ether oxygens (including phenoxy) is 1. The molecule has 2 saturated heterocycles. The minimum Gasteiger partial charge on any atom is -0.504 e. The van der Waals surface area contributed by atoms with Gasteiger partial charge in [-0.25, -0.2) is 4.98 Å². The number of fused-ring (bicyclic) bond motifs is 3. The van der Waals surface area contributed by atoms with Crippen molar-refractivity contribution < 1.29 is 32.6 Å². The predicted octanol–water partition coefficient (Wildman–Crippen LogP) is 3.80. The van der Waals surface area contributed by atoms with Crippen LogP contribution >= 0.6 is 23.2 Å². The van der Waals surface area contributed by atoms with E-state index in [1.54, 1.807) is 4.57 Å². The molecule has 14 nitrogen and oxygen atoms in total. The van der Waals surface area contributed by atoms with Crippen LogP contribution in [0.4, 0.5) is 30.5 Å². The number of hydrogen-bond donors (Lipinski definition) is 2. The van der Waals surface area contributed by atoms with E-state index in [1.807, 2.05) is 16.7 Å². The number of alkyl halides is 3. The van der Waals surface area contributed by atoms with Gasteiger partial charge in [-0.05, 0) is 30.7 Å². The van der Waals surface area contributed by atoms with Crippen LogP contribution < -0.4 is 20.7 Å². The largest absolute Gasteiger partial charge is 0.504 e. The van der Waals surface area contributed by atoms with E-state index >= 15 is 0 Å². The van der Waals surface area contributed by atoms with E-state index < -0.39 is 40.9 Å². The first-order valence-corrected chi connectivity index (χ1v) is 16.5. The number of piperazine rings is 1. The molecule has 2 N–H and O–H groups in total. The Morgan fingerprint density at radius 3 is 2.42 bits per heavy atom. The van der Waals surface area contributed by atoms with Crippen LogP contribution in [0.5, 0.6) is 5.75 Å². The fraction of sp³-hybridized carbons (Fsp3) is 0.419. The number of aromatic hydroxyl groups is 1. The fourth-order valence-electron chi connectivity index (χ4n) is 6.64. The van der Waals surface area contributed by atoms with Crippen LogP contribution in [0.1, 0.15) is 47.1 Å². The molecule has 6 heterocycles. The summed E-state index contributed by atoms with van der Waals surface area (Å²) in [5.41, 5.74) is -0.753. The summed E-state index contributed by atoms with van der Waals surface area (Å²) in [7, 11) is 0. The maximum absolute atomic E-state index is 14.3. The van der Waals surface area contributed by atoms with E-state index in [0.29, 0.717) is 37.7 Å². The van der Waals surface area contributed by atoms with E-state index in [4.69, 9.17) is 32.9 Å². The summed E-state index contributed by atoms with van der Waals surface area (Å²) in [5.74, 6) is -1.41. The van der Waals surface area contributed by atoms with Gasteiger partial charge in [0.25, 0.3) is 11.5 Å². The number of nitrogens with zero attached hydrogens (tertiary/aromatic N) is 8. The van der Waals surface area contributed by atoms with Gasteiger partial charge in [0.05, 0.1) is 40.2 Å². The molecule has 0 aliphatic carbocycles. The van der Waals surface area contributed by atoms with Gasteiger partial charge < -0.3 is 29.9 Å². The molecule has 0 saturated carbocycles. The highest BCUT2D eigenvalue weighted by molar-refractivity contribution is 6.34. The zero-order valence-electron chi connectivity index (χ0n) is 26.5. The Morgan fingerprint density at radius 2 is 1.74 bits per heavy atom. The molecule has 3 aliphatic rings. The number of nitrogens with one attached hydrogen (secondary N) is 1. The summed E-state index contributed by atoms with van der Waals surface area (Å²) in [5, 5.41) is 17.3. The van der Waals surface area contributed by atoms with Gasteiger partial charge in [-0.1, -0.05) is 30.1 Å². The summed E-state index contributed by atoms with van der Waals surface area (Å²) in [6.45, 7) is 4.57. The first-order valence-electron chi connectivity index (χ1n) is 15.8. The molecule has 264 valence electrons. The SMILES string of the molecule is C[C@H]1C[C@@H](C(=O)Nc2ccc(C(F)(F)F)cc2Cl)n2c1c(N1CCN(C(=O)c3nccc(Cl)c3O)CC1)c(=O)n1nc(N3CCOCC3)nc21. The van der Waals surface area contributed by atoms with Crippen molar-refractivity contribution in [3.05, 3.63) is 67.8 Å². The lowest BCUT2D eigenvalue weighted by Gasteiger charge is -2.36. The van der Waals surface area contributed by atoms with Crippen LogP contribution in [0.3, 0.4) is 0 Å². The molecule has 50 heavy (non-hydrogen) atoms. The number of amides is 2. The van der Waals surface area contributed by atoms with E-state index in [-0.39, 0.29) is 71.7 Å². The molecule has 2 atom stereocenters. The maximum atomic E-state index is 14.3. The number of anilines is 3. The number of benzene rings is 1. The van der Waals surface area contributed by atoms with Gasteiger partial charge in [-0.2, -0.15) is 22.7 Å². The van der Waals surface area contributed by atoms with Crippen molar-refractivity contribution in [1.29, 1.82) is 0 Å². The maximum Gasteiger partial charge on any atom is 0.416 e. The number of aromatic nitrogens is 5. The zero-order valence-corrected chi connectivity index (χ0v) is 28.0. The lowest BCUT2D eigenvalue weighted by atomic mass is 10.0. The summed E-state index contributed by atoms with van der Waals surface area (Å²) in [6, 6.07) is 3.12. The molecule has 4 aromatic rings. The first-order chi connectivity index (χ1) is 23.8. The Labute approximate surface area is 292 Å². The number of carbonyl (C=O) groups is 2. The van der Waals surface area contributed by atoms with Crippen LogP contribution in [0, 0.1) is 0 Å². The van der Waals surface area contributed by atoms with Crippen LogP contribution in [0.25, 0.3) is 5.78 Å². The third kappa shape index (κ3) is 5.96. The Hall–Kier alpha value is -4.61. The normalized spacial score (nSPS) is 19.6. The van der Waals surface area contributed by atoms with Crippen molar-refractivity contribution in [1.82, 2.24) is 29.0 Å². The number of carbonyl (C=O) groups excluding carboxylic acids is 2. The van der Waals surface area contributed by atoms with Gasteiger partial charge in [0.1, 0.15) is 11.7 Å².